The predicted molar refractivity (Wildman–Crippen MR) is 86.9 cm³/mol. The van der Waals surface area contributed by atoms with Gasteiger partial charge >= 0.3 is 0 Å². The van der Waals surface area contributed by atoms with Crippen LogP contribution in [-0.4, -0.2) is 51.2 Å². The van der Waals surface area contributed by atoms with Crippen LogP contribution in [0.3, 0.4) is 0 Å². The summed E-state index contributed by atoms with van der Waals surface area (Å²) in [5.74, 6) is 1.59. The lowest BCUT2D eigenvalue weighted by Crippen LogP contribution is -2.46. The molecule has 6 heteroatoms. The van der Waals surface area contributed by atoms with Gasteiger partial charge in [-0.3, -0.25) is 4.79 Å². The van der Waals surface area contributed by atoms with Crippen molar-refractivity contribution < 1.29 is 14.3 Å². The highest BCUT2D eigenvalue weighted by Crippen LogP contribution is 2.33. The second-order valence-electron chi connectivity index (χ2n) is 5.28. The molecule has 1 aliphatic rings. The lowest BCUT2D eigenvalue weighted by Gasteiger charge is -2.27. The van der Waals surface area contributed by atoms with Crippen molar-refractivity contribution in [3.63, 3.8) is 0 Å². The third-order valence-electron chi connectivity index (χ3n) is 3.86. The van der Waals surface area contributed by atoms with Gasteiger partial charge in [0.1, 0.15) is 11.5 Å². The third kappa shape index (κ3) is 4.27. The zero-order valence-electron chi connectivity index (χ0n) is 13.2. The number of piperazine rings is 1. The molecule has 0 saturated carbocycles. The Labute approximate surface area is 136 Å². The van der Waals surface area contributed by atoms with Crippen molar-refractivity contribution in [2.75, 3.05) is 40.4 Å². The fraction of sp³-hybridized carbons (Fsp3) is 0.562. The smallest absolute Gasteiger partial charge is 0.222 e. The normalized spacial score (nSPS) is 14.8. The SMILES string of the molecule is COc1cc(CCCC(=O)N2CCNCC2)c(OC)cc1Cl. The van der Waals surface area contributed by atoms with Crippen LogP contribution in [0.1, 0.15) is 18.4 Å². The predicted octanol–water partition coefficient (Wildman–Crippen LogP) is 2.11. The lowest BCUT2D eigenvalue weighted by atomic mass is 10.1. The molecule has 1 heterocycles. The number of carbonyl (C=O) groups is 1. The number of halogens is 1. The number of hydrogen-bond donors (Lipinski definition) is 1. The number of amides is 1. The number of nitrogens with zero attached hydrogens (tertiary/aromatic N) is 1. The monoisotopic (exact) mass is 326 g/mol. The summed E-state index contributed by atoms with van der Waals surface area (Å²) in [5, 5.41) is 3.78. The van der Waals surface area contributed by atoms with Gasteiger partial charge in [-0.15, -0.1) is 0 Å². The van der Waals surface area contributed by atoms with Gasteiger partial charge in [0.15, 0.2) is 0 Å². The molecule has 0 spiro atoms. The van der Waals surface area contributed by atoms with Crippen LogP contribution in [0.5, 0.6) is 11.5 Å². The summed E-state index contributed by atoms with van der Waals surface area (Å²) < 4.78 is 10.6. The van der Waals surface area contributed by atoms with Crippen LogP contribution >= 0.6 is 11.6 Å². The van der Waals surface area contributed by atoms with Gasteiger partial charge in [-0.25, -0.2) is 0 Å². The van der Waals surface area contributed by atoms with E-state index in [1.54, 1.807) is 20.3 Å². The molecule has 122 valence electrons. The van der Waals surface area contributed by atoms with Gasteiger partial charge in [0.25, 0.3) is 0 Å². The molecule has 0 bridgehead atoms. The lowest BCUT2D eigenvalue weighted by molar-refractivity contribution is -0.131. The van der Waals surface area contributed by atoms with Gasteiger partial charge in [-0.1, -0.05) is 11.6 Å². The van der Waals surface area contributed by atoms with Gasteiger partial charge in [0.05, 0.1) is 19.2 Å². The Balaban J connectivity index is 1.91. The molecular weight excluding hydrogens is 304 g/mol. The van der Waals surface area contributed by atoms with Crippen molar-refractivity contribution in [2.24, 2.45) is 0 Å². The minimum Gasteiger partial charge on any atom is -0.496 e. The van der Waals surface area contributed by atoms with E-state index in [0.717, 1.165) is 50.3 Å². The molecule has 1 amide bonds. The van der Waals surface area contributed by atoms with Crippen molar-refractivity contribution in [2.45, 2.75) is 19.3 Å². The quantitative estimate of drug-likeness (QED) is 0.870. The fourth-order valence-electron chi connectivity index (χ4n) is 2.62. The Morgan fingerprint density at radius 1 is 1.23 bits per heavy atom. The van der Waals surface area contributed by atoms with E-state index in [-0.39, 0.29) is 5.91 Å². The number of rotatable bonds is 6. The summed E-state index contributed by atoms with van der Waals surface area (Å²) in [6.45, 7) is 3.37. The average molecular weight is 327 g/mol. The maximum atomic E-state index is 12.1. The van der Waals surface area contributed by atoms with Crippen molar-refractivity contribution in [3.05, 3.63) is 22.7 Å². The Bertz CT molecular complexity index is 516. The Kier molecular flexibility index (Phi) is 6.34. The molecule has 0 atom stereocenters. The largest absolute Gasteiger partial charge is 0.496 e. The number of carbonyl (C=O) groups excluding carboxylic acids is 1. The van der Waals surface area contributed by atoms with Gasteiger partial charge < -0.3 is 19.7 Å². The van der Waals surface area contributed by atoms with Gasteiger partial charge in [0, 0.05) is 38.7 Å². The highest BCUT2D eigenvalue weighted by Gasteiger charge is 2.16. The van der Waals surface area contributed by atoms with E-state index in [0.29, 0.717) is 17.2 Å². The van der Waals surface area contributed by atoms with E-state index < -0.39 is 0 Å². The summed E-state index contributed by atoms with van der Waals surface area (Å²) >= 11 is 6.09. The molecule has 0 unspecified atom stereocenters. The standard InChI is InChI=1S/C16H23ClN2O3/c1-21-14-11-13(17)15(22-2)10-12(14)4-3-5-16(20)19-8-6-18-7-9-19/h10-11,18H,3-9H2,1-2H3. The van der Waals surface area contributed by atoms with Crippen LogP contribution < -0.4 is 14.8 Å². The number of ether oxygens (including phenoxy) is 2. The maximum Gasteiger partial charge on any atom is 0.222 e. The molecule has 1 N–H and O–H groups in total. The first-order valence-electron chi connectivity index (χ1n) is 7.54. The zero-order valence-corrected chi connectivity index (χ0v) is 13.9. The van der Waals surface area contributed by atoms with E-state index in [2.05, 4.69) is 5.32 Å². The van der Waals surface area contributed by atoms with Crippen LogP contribution in [-0.2, 0) is 11.2 Å². The van der Waals surface area contributed by atoms with E-state index in [4.69, 9.17) is 21.1 Å². The molecule has 1 aliphatic heterocycles. The van der Waals surface area contributed by atoms with E-state index in [1.807, 2.05) is 11.0 Å². The van der Waals surface area contributed by atoms with Crippen molar-refractivity contribution in [1.82, 2.24) is 10.2 Å². The van der Waals surface area contributed by atoms with Gasteiger partial charge in [-0.2, -0.15) is 0 Å². The summed E-state index contributed by atoms with van der Waals surface area (Å²) in [5.41, 5.74) is 1.01. The molecule has 1 fully saturated rings. The zero-order chi connectivity index (χ0) is 15.9. The average Bonchev–Trinajstić information content (AvgIpc) is 2.56. The molecule has 1 saturated heterocycles. The minimum absolute atomic E-state index is 0.224. The molecule has 1 aromatic rings. The first-order valence-corrected chi connectivity index (χ1v) is 7.92. The van der Waals surface area contributed by atoms with Crippen LogP contribution in [0.4, 0.5) is 0 Å². The van der Waals surface area contributed by atoms with Crippen LogP contribution in [0, 0.1) is 0 Å². The van der Waals surface area contributed by atoms with Gasteiger partial charge in [0.2, 0.25) is 5.91 Å². The maximum absolute atomic E-state index is 12.1. The van der Waals surface area contributed by atoms with E-state index >= 15 is 0 Å². The van der Waals surface area contributed by atoms with Crippen molar-refractivity contribution in [1.29, 1.82) is 0 Å². The Hall–Kier alpha value is -1.46. The summed E-state index contributed by atoms with van der Waals surface area (Å²) in [6.07, 6.45) is 2.09. The summed E-state index contributed by atoms with van der Waals surface area (Å²) in [6, 6.07) is 3.64. The summed E-state index contributed by atoms with van der Waals surface area (Å²) in [4.78, 5) is 14.1. The van der Waals surface area contributed by atoms with Crippen LogP contribution in [0.2, 0.25) is 5.02 Å². The molecule has 5 nitrogen and oxygen atoms in total. The highest BCUT2D eigenvalue weighted by atomic mass is 35.5. The Morgan fingerprint density at radius 2 is 1.91 bits per heavy atom. The van der Waals surface area contributed by atoms with Crippen molar-refractivity contribution >= 4 is 17.5 Å². The first-order chi connectivity index (χ1) is 10.7. The summed E-state index contributed by atoms with van der Waals surface area (Å²) in [7, 11) is 3.21. The number of nitrogens with one attached hydrogen (secondary N) is 1. The molecular formula is C16H23ClN2O3. The number of benzene rings is 1. The first kappa shape index (κ1) is 16.9. The fourth-order valence-corrected chi connectivity index (χ4v) is 2.85. The second-order valence-corrected chi connectivity index (χ2v) is 5.69. The molecule has 0 aromatic heterocycles. The van der Waals surface area contributed by atoms with Crippen molar-refractivity contribution in [3.8, 4) is 11.5 Å². The van der Waals surface area contributed by atoms with E-state index in [1.165, 1.54) is 0 Å². The van der Waals surface area contributed by atoms with E-state index in [9.17, 15) is 4.79 Å². The molecule has 2 rings (SSSR count). The number of methoxy groups -OCH3 is 2. The third-order valence-corrected chi connectivity index (χ3v) is 4.16. The minimum atomic E-state index is 0.224. The second kappa shape index (κ2) is 8.25. The molecule has 1 aromatic carbocycles. The van der Waals surface area contributed by atoms with Crippen LogP contribution in [0.25, 0.3) is 0 Å². The Morgan fingerprint density at radius 3 is 2.55 bits per heavy atom. The van der Waals surface area contributed by atoms with Crippen LogP contribution in [0.15, 0.2) is 12.1 Å². The topological polar surface area (TPSA) is 50.8 Å². The van der Waals surface area contributed by atoms with Gasteiger partial charge in [-0.05, 0) is 24.5 Å². The number of hydrogen-bond acceptors (Lipinski definition) is 4. The molecule has 22 heavy (non-hydrogen) atoms. The highest BCUT2D eigenvalue weighted by molar-refractivity contribution is 6.32. The number of aryl methyl sites for hydroxylation is 1. The molecule has 0 aliphatic carbocycles. The molecule has 0 radical (unpaired) electrons.